The van der Waals surface area contributed by atoms with E-state index in [9.17, 15) is 0 Å². The first-order valence-corrected chi connectivity index (χ1v) is 6.43. The molecule has 100 valence electrons. The fourth-order valence-corrected chi connectivity index (χ4v) is 2.16. The van der Waals surface area contributed by atoms with Crippen LogP contribution < -0.4 is 15.2 Å². The van der Waals surface area contributed by atoms with Crippen molar-refractivity contribution in [3.05, 3.63) is 36.4 Å². The summed E-state index contributed by atoms with van der Waals surface area (Å²) in [6.07, 6.45) is 4.45. The van der Waals surface area contributed by atoms with Crippen molar-refractivity contribution in [2.75, 3.05) is 13.2 Å². The molecule has 19 heavy (non-hydrogen) atoms. The zero-order valence-corrected chi connectivity index (χ0v) is 10.9. The predicted octanol–water partition coefficient (Wildman–Crippen LogP) is 2.05. The average Bonchev–Trinajstić information content (AvgIpc) is 2.78. The third-order valence-electron chi connectivity index (χ3n) is 3.14. The molecule has 0 aliphatic carbocycles. The maximum Gasteiger partial charge on any atom is 0.163 e. The van der Waals surface area contributed by atoms with Crippen molar-refractivity contribution in [2.24, 2.45) is 5.73 Å². The standard InChI is InChI=1S/C14H17N3O2/c1-10(15)12-8-16-9-17(12)11-3-4-13-14(7-11)19-6-2-5-18-13/h3-4,7-10H,2,5-6,15H2,1H3/t10-/m1/s1. The number of nitrogens with two attached hydrogens (primary N) is 1. The molecule has 0 radical (unpaired) electrons. The Kier molecular flexibility index (Phi) is 3.13. The maximum atomic E-state index is 5.94. The minimum absolute atomic E-state index is 0.0709. The minimum Gasteiger partial charge on any atom is -0.490 e. The van der Waals surface area contributed by atoms with Crippen molar-refractivity contribution in [1.82, 2.24) is 9.55 Å². The molecule has 2 N–H and O–H groups in total. The first-order chi connectivity index (χ1) is 9.25. The van der Waals surface area contributed by atoms with E-state index in [4.69, 9.17) is 15.2 Å². The van der Waals surface area contributed by atoms with Gasteiger partial charge in [-0.1, -0.05) is 0 Å². The summed E-state index contributed by atoms with van der Waals surface area (Å²) in [5.74, 6) is 1.57. The van der Waals surface area contributed by atoms with Crippen molar-refractivity contribution in [1.29, 1.82) is 0 Å². The fourth-order valence-electron chi connectivity index (χ4n) is 2.16. The molecule has 1 atom stereocenters. The van der Waals surface area contributed by atoms with Crippen molar-refractivity contribution in [3.63, 3.8) is 0 Å². The van der Waals surface area contributed by atoms with Gasteiger partial charge in [0.25, 0.3) is 0 Å². The minimum atomic E-state index is -0.0709. The van der Waals surface area contributed by atoms with Crippen LogP contribution in [0.2, 0.25) is 0 Å². The molecule has 0 saturated carbocycles. The predicted molar refractivity (Wildman–Crippen MR) is 71.8 cm³/mol. The van der Waals surface area contributed by atoms with E-state index in [0.717, 1.165) is 29.3 Å². The van der Waals surface area contributed by atoms with Gasteiger partial charge < -0.3 is 19.8 Å². The molecular weight excluding hydrogens is 242 g/mol. The Hall–Kier alpha value is -2.01. The lowest BCUT2D eigenvalue weighted by atomic mass is 10.2. The zero-order valence-electron chi connectivity index (χ0n) is 10.9. The van der Waals surface area contributed by atoms with Crippen LogP contribution in [0, 0.1) is 0 Å². The molecule has 1 aliphatic rings. The quantitative estimate of drug-likeness (QED) is 0.896. The number of hydrogen-bond donors (Lipinski definition) is 1. The summed E-state index contributed by atoms with van der Waals surface area (Å²) in [5.41, 5.74) is 7.89. The number of aromatic nitrogens is 2. The topological polar surface area (TPSA) is 62.3 Å². The van der Waals surface area contributed by atoms with Crippen LogP contribution in [-0.2, 0) is 0 Å². The van der Waals surface area contributed by atoms with Crippen LogP contribution in [0.5, 0.6) is 11.5 Å². The van der Waals surface area contributed by atoms with Gasteiger partial charge in [0.15, 0.2) is 11.5 Å². The van der Waals surface area contributed by atoms with Crippen molar-refractivity contribution in [2.45, 2.75) is 19.4 Å². The number of fused-ring (bicyclic) bond motifs is 1. The Labute approximate surface area is 112 Å². The smallest absolute Gasteiger partial charge is 0.163 e. The van der Waals surface area contributed by atoms with Crippen LogP contribution in [0.1, 0.15) is 25.1 Å². The Morgan fingerprint density at radius 2 is 2.05 bits per heavy atom. The molecule has 0 spiro atoms. The van der Waals surface area contributed by atoms with E-state index in [1.807, 2.05) is 29.7 Å². The van der Waals surface area contributed by atoms with Crippen LogP contribution in [0.4, 0.5) is 0 Å². The molecule has 0 fully saturated rings. The van der Waals surface area contributed by atoms with Gasteiger partial charge in [0, 0.05) is 18.5 Å². The second kappa shape index (κ2) is 4.93. The van der Waals surface area contributed by atoms with E-state index in [0.29, 0.717) is 13.2 Å². The van der Waals surface area contributed by atoms with Gasteiger partial charge in [0.2, 0.25) is 0 Å². The molecule has 0 amide bonds. The van der Waals surface area contributed by atoms with E-state index in [1.165, 1.54) is 0 Å². The first kappa shape index (κ1) is 12.0. The Balaban J connectivity index is 2.01. The summed E-state index contributed by atoms with van der Waals surface area (Å²) in [7, 11) is 0. The third kappa shape index (κ3) is 2.29. The van der Waals surface area contributed by atoms with Crippen LogP contribution in [-0.4, -0.2) is 22.8 Å². The lowest BCUT2D eigenvalue weighted by Gasteiger charge is -2.13. The Morgan fingerprint density at radius 1 is 1.26 bits per heavy atom. The molecule has 0 saturated heterocycles. The summed E-state index contributed by atoms with van der Waals surface area (Å²) in [6.45, 7) is 3.32. The van der Waals surface area contributed by atoms with Gasteiger partial charge in [-0.2, -0.15) is 0 Å². The number of imidazole rings is 1. The number of benzene rings is 1. The summed E-state index contributed by atoms with van der Waals surface area (Å²) >= 11 is 0. The molecule has 0 unspecified atom stereocenters. The van der Waals surface area contributed by atoms with Gasteiger partial charge in [-0.15, -0.1) is 0 Å². The molecule has 3 rings (SSSR count). The van der Waals surface area contributed by atoms with Crippen LogP contribution in [0.15, 0.2) is 30.7 Å². The zero-order chi connectivity index (χ0) is 13.2. The van der Waals surface area contributed by atoms with E-state index in [1.54, 1.807) is 12.5 Å². The molecule has 1 aromatic heterocycles. The normalized spacial score (nSPS) is 15.9. The second-order valence-corrected chi connectivity index (χ2v) is 4.66. The van der Waals surface area contributed by atoms with Gasteiger partial charge in [-0.25, -0.2) is 4.98 Å². The highest BCUT2D eigenvalue weighted by molar-refractivity contribution is 5.49. The average molecular weight is 259 g/mol. The molecule has 2 aromatic rings. The first-order valence-electron chi connectivity index (χ1n) is 6.43. The van der Waals surface area contributed by atoms with Gasteiger partial charge in [-0.3, -0.25) is 0 Å². The van der Waals surface area contributed by atoms with Crippen LogP contribution in [0.25, 0.3) is 5.69 Å². The van der Waals surface area contributed by atoms with Crippen molar-refractivity contribution >= 4 is 0 Å². The fraction of sp³-hybridized carbons (Fsp3) is 0.357. The molecular formula is C14H17N3O2. The number of rotatable bonds is 2. The number of ether oxygens (including phenoxy) is 2. The van der Waals surface area contributed by atoms with Crippen molar-refractivity contribution < 1.29 is 9.47 Å². The van der Waals surface area contributed by atoms with E-state index >= 15 is 0 Å². The van der Waals surface area contributed by atoms with E-state index < -0.39 is 0 Å². The molecule has 1 aliphatic heterocycles. The highest BCUT2D eigenvalue weighted by Gasteiger charge is 2.13. The van der Waals surface area contributed by atoms with Crippen LogP contribution in [0.3, 0.4) is 0 Å². The van der Waals surface area contributed by atoms with Gasteiger partial charge in [-0.05, 0) is 19.1 Å². The number of hydrogen-bond acceptors (Lipinski definition) is 4. The van der Waals surface area contributed by atoms with Gasteiger partial charge in [0.05, 0.1) is 37.1 Å². The third-order valence-corrected chi connectivity index (χ3v) is 3.14. The lowest BCUT2D eigenvalue weighted by molar-refractivity contribution is 0.297. The Bertz CT molecular complexity index is 578. The van der Waals surface area contributed by atoms with E-state index in [-0.39, 0.29) is 6.04 Å². The summed E-state index contributed by atoms with van der Waals surface area (Å²) in [5, 5.41) is 0. The summed E-state index contributed by atoms with van der Waals surface area (Å²) in [4.78, 5) is 4.16. The van der Waals surface area contributed by atoms with E-state index in [2.05, 4.69) is 4.98 Å². The van der Waals surface area contributed by atoms with Gasteiger partial charge in [0.1, 0.15) is 0 Å². The van der Waals surface area contributed by atoms with Gasteiger partial charge >= 0.3 is 0 Å². The monoisotopic (exact) mass is 259 g/mol. The van der Waals surface area contributed by atoms with Crippen molar-refractivity contribution in [3.8, 4) is 17.2 Å². The molecule has 1 aromatic carbocycles. The SMILES string of the molecule is C[C@@H](N)c1cncn1-c1ccc2c(c1)OCCCO2. The summed E-state index contributed by atoms with van der Waals surface area (Å²) < 4.78 is 13.3. The number of nitrogens with zero attached hydrogens (tertiary/aromatic N) is 2. The summed E-state index contributed by atoms with van der Waals surface area (Å²) in [6, 6.07) is 5.81. The van der Waals surface area contributed by atoms with Crippen LogP contribution >= 0.6 is 0 Å². The Morgan fingerprint density at radius 3 is 2.84 bits per heavy atom. The molecule has 5 nitrogen and oxygen atoms in total. The highest BCUT2D eigenvalue weighted by Crippen LogP contribution is 2.32. The molecule has 2 heterocycles. The maximum absolute atomic E-state index is 5.94. The largest absolute Gasteiger partial charge is 0.490 e. The lowest BCUT2D eigenvalue weighted by Crippen LogP contribution is -2.10. The second-order valence-electron chi connectivity index (χ2n) is 4.66. The molecule has 0 bridgehead atoms. The molecule has 5 heteroatoms. The highest BCUT2D eigenvalue weighted by atomic mass is 16.5.